The van der Waals surface area contributed by atoms with Crippen LogP contribution in [0.4, 0.5) is 8.78 Å². The second kappa shape index (κ2) is 4.79. The van der Waals surface area contributed by atoms with Gasteiger partial charge in [-0.15, -0.1) is 0 Å². The van der Waals surface area contributed by atoms with Gasteiger partial charge < -0.3 is 10.4 Å². The molecule has 2 unspecified atom stereocenters. The van der Waals surface area contributed by atoms with Gasteiger partial charge in [0.2, 0.25) is 0 Å². The van der Waals surface area contributed by atoms with Crippen LogP contribution < -0.4 is 5.32 Å². The molecule has 1 aliphatic rings. The van der Waals surface area contributed by atoms with Gasteiger partial charge in [0.1, 0.15) is 0 Å². The highest BCUT2D eigenvalue weighted by Crippen LogP contribution is 2.31. The molecule has 1 heterocycles. The Bertz CT molecular complexity index is 437. The highest BCUT2D eigenvalue weighted by Gasteiger charge is 2.32. The fourth-order valence-electron chi connectivity index (χ4n) is 2.26. The molecule has 0 spiro atoms. The summed E-state index contributed by atoms with van der Waals surface area (Å²) in [6, 6.07) is 3.61. The Morgan fingerprint density at radius 3 is 2.76 bits per heavy atom. The van der Waals surface area contributed by atoms with Gasteiger partial charge in [-0.1, -0.05) is 6.07 Å². The van der Waals surface area contributed by atoms with E-state index >= 15 is 0 Å². The average molecular weight is 241 g/mol. The Labute approximate surface area is 97.5 Å². The summed E-state index contributed by atoms with van der Waals surface area (Å²) in [4.78, 5) is 11.1. The zero-order chi connectivity index (χ0) is 12.4. The lowest BCUT2D eigenvalue weighted by molar-refractivity contribution is -0.142. The number of aliphatic carboxylic acids is 1. The molecule has 1 fully saturated rings. The third-order valence-electron chi connectivity index (χ3n) is 3.17. The second-order valence-corrected chi connectivity index (χ2v) is 4.22. The Morgan fingerprint density at radius 1 is 1.35 bits per heavy atom. The lowest BCUT2D eigenvalue weighted by Gasteiger charge is -2.29. The molecule has 1 saturated heterocycles. The van der Waals surface area contributed by atoms with Crippen molar-refractivity contribution in [2.45, 2.75) is 12.3 Å². The van der Waals surface area contributed by atoms with Crippen molar-refractivity contribution >= 4 is 5.97 Å². The summed E-state index contributed by atoms with van der Waals surface area (Å²) in [6.07, 6.45) is 0.613. The van der Waals surface area contributed by atoms with Crippen LogP contribution in [0, 0.1) is 17.6 Å². The minimum atomic E-state index is -0.926. The summed E-state index contributed by atoms with van der Waals surface area (Å²) in [5.41, 5.74) is 0.554. The summed E-state index contributed by atoms with van der Waals surface area (Å²) in [5, 5.41) is 12.1. The third-order valence-corrected chi connectivity index (χ3v) is 3.17. The number of hydrogen-bond donors (Lipinski definition) is 2. The number of carbonyl (C=O) groups is 1. The molecule has 0 saturated carbocycles. The summed E-state index contributed by atoms with van der Waals surface area (Å²) >= 11 is 0. The van der Waals surface area contributed by atoms with Crippen LogP contribution in [0.25, 0.3) is 0 Å². The van der Waals surface area contributed by atoms with Gasteiger partial charge in [-0.2, -0.15) is 0 Å². The summed E-state index contributed by atoms with van der Waals surface area (Å²) in [6.45, 7) is 1.05. The number of carboxylic acid groups (broad SMARTS) is 1. The maximum absolute atomic E-state index is 13.1. The number of nitrogens with one attached hydrogen (secondary N) is 1. The molecule has 0 bridgehead atoms. The van der Waals surface area contributed by atoms with Crippen molar-refractivity contribution in [2.75, 3.05) is 13.1 Å². The van der Waals surface area contributed by atoms with Gasteiger partial charge in [-0.05, 0) is 36.6 Å². The van der Waals surface area contributed by atoms with Crippen molar-refractivity contribution in [3.05, 3.63) is 35.4 Å². The Hall–Kier alpha value is -1.49. The molecule has 3 nitrogen and oxygen atoms in total. The molecule has 0 amide bonds. The van der Waals surface area contributed by atoms with Crippen LogP contribution in [0.3, 0.4) is 0 Å². The van der Waals surface area contributed by atoms with Crippen molar-refractivity contribution < 1.29 is 18.7 Å². The molecule has 1 aromatic rings. The molecule has 92 valence electrons. The molecular formula is C12H13F2NO2. The molecular weight excluding hydrogens is 228 g/mol. The quantitative estimate of drug-likeness (QED) is 0.829. The average Bonchev–Trinajstić information content (AvgIpc) is 2.32. The van der Waals surface area contributed by atoms with Crippen molar-refractivity contribution in [3.8, 4) is 0 Å². The number of halogens is 2. The molecule has 1 aromatic carbocycles. The Balaban J connectivity index is 2.29. The summed E-state index contributed by atoms with van der Waals surface area (Å²) in [5.74, 6) is -3.59. The molecule has 2 N–H and O–H groups in total. The number of rotatable bonds is 2. The first-order valence-electron chi connectivity index (χ1n) is 5.48. The summed E-state index contributed by atoms with van der Waals surface area (Å²) < 4.78 is 25.9. The van der Waals surface area contributed by atoms with Crippen LogP contribution in [-0.2, 0) is 4.79 Å². The van der Waals surface area contributed by atoms with Gasteiger partial charge in [-0.3, -0.25) is 4.79 Å². The number of benzene rings is 1. The first-order chi connectivity index (χ1) is 8.09. The van der Waals surface area contributed by atoms with E-state index in [4.69, 9.17) is 5.11 Å². The minimum Gasteiger partial charge on any atom is -0.481 e. The molecule has 0 aromatic heterocycles. The standard InChI is InChI=1S/C12H13F2NO2/c13-10-2-1-7(5-11(10)14)8-3-4-15-6-9(8)12(16)17/h1-2,5,8-9,15H,3-4,6H2,(H,16,17). The monoisotopic (exact) mass is 241 g/mol. The Morgan fingerprint density at radius 2 is 2.12 bits per heavy atom. The maximum atomic E-state index is 13.1. The van der Waals surface area contributed by atoms with E-state index in [0.29, 0.717) is 25.1 Å². The van der Waals surface area contributed by atoms with E-state index in [-0.39, 0.29) is 5.92 Å². The lowest BCUT2D eigenvalue weighted by Crippen LogP contribution is -2.39. The zero-order valence-corrected chi connectivity index (χ0v) is 9.12. The highest BCUT2D eigenvalue weighted by molar-refractivity contribution is 5.72. The largest absolute Gasteiger partial charge is 0.481 e. The normalized spacial score (nSPS) is 24.6. The van der Waals surface area contributed by atoms with Crippen molar-refractivity contribution in [1.82, 2.24) is 5.32 Å². The molecule has 5 heteroatoms. The molecule has 0 aliphatic carbocycles. The van der Waals surface area contributed by atoms with Gasteiger partial charge in [0.25, 0.3) is 0 Å². The molecule has 2 atom stereocenters. The van der Waals surface area contributed by atoms with Gasteiger partial charge >= 0.3 is 5.97 Å². The maximum Gasteiger partial charge on any atom is 0.308 e. The fraction of sp³-hybridized carbons (Fsp3) is 0.417. The van der Waals surface area contributed by atoms with Gasteiger partial charge in [0.05, 0.1) is 5.92 Å². The van der Waals surface area contributed by atoms with Gasteiger partial charge in [0, 0.05) is 6.54 Å². The first kappa shape index (κ1) is 12.0. The van der Waals surface area contributed by atoms with E-state index in [0.717, 1.165) is 12.1 Å². The van der Waals surface area contributed by atoms with Crippen molar-refractivity contribution in [2.24, 2.45) is 5.92 Å². The van der Waals surface area contributed by atoms with E-state index in [1.54, 1.807) is 0 Å². The predicted molar refractivity (Wildman–Crippen MR) is 57.7 cm³/mol. The van der Waals surface area contributed by atoms with Crippen molar-refractivity contribution in [3.63, 3.8) is 0 Å². The third kappa shape index (κ3) is 2.44. The second-order valence-electron chi connectivity index (χ2n) is 4.22. The van der Waals surface area contributed by atoms with E-state index < -0.39 is 23.5 Å². The predicted octanol–water partition coefficient (Wildman–Crippen LogP) is 1.74. The van der Waals surface area contributed by atoms with Crippen LogP contribution in [0.1, 0.15) is 17.9 Å². The molecule has 2 rings (SSSR count). The number of hydrogen-bond acceptors (Lipinski definition) is 2. The topological polar surface area (TPSA) is 49.3 Å². The lowest BCUT2D eigenvalue weighted by atomic mass is 9.81. The zero-order valence-electron chi connectivity index (χ0n) is 9.12. The van der Waals surface area contributed by atoms with Gasteiger partial charge in [0.15, 0.2) is 11.6 Å². The van der Waals surface area contributed by atoms with Crippen LogP contribution >= 0.6 is 0 Å². The van der Waals surface area contributed by atoms with E-state index in [2.05, 4.69) is 5.32 Å². The smallest absolute Gasteiger partial charge is 0.308 e. The fourth-order valence-corrected chi connectivity index (χ4v) is 2.26. The minimum absolute atomic E-state index is 0.260. The molecule has 1 aliphatic heterocycles. The van der Waals surface area contributed by atoms with Crippen LogP contribution in [-0.4, -0.2) is 24.2 Å². The van der Waals surface area contributed by atoms with E-state index in [1.165, 1.54) is 6.07 Å². The van der Waals surface area contributed by atoms with Crippen molar-refractivity contribution in [1.29, 1.82) is 0 Å². The SMILES string of the molecule is O=C(O)C1CNCCC1c1ccc(F)c(F)c1. The van der Waals surface area contributed by atoms with E-state index in [9.17, 15) is 13.6 Å². The van der Waals surface area contributed by atoms with Crippen LogP contribution in [0.15, 0.2) is 18.2 Å². The van der Waals surface area contributed by atoms with E-state index in [1.807, 2.05) is 0 Å². The number of piperidine rings is 1. The first-order valence-corrected chi connectivity index (χ1v) is 5.48. The van der Waals surface area contributed by atoms with Crippen LogP contribution in [0.2, 0.25) is 0 Å². The molecule has 0 radical (unpaired) electrons. The van der Waals surface area contributed by atoms with Gasteiger partial charge in [-0.25, -0.2) is 8.78 Å². The Kier molecular flexibility index (Phi) is 3.38. The van der Waals surface area contributed by atoms with Crippen LogP contribution in [0.5, 0.6) is 0 Å². The molecule has 17 heavy (non-hydrogen) atoms. The number of carboxylic acids is 1. The highest BCUT2D eigenvalue weighted by atomic mass is 19.2. The summed E-state index contributed by atoms with van der Waals surface area (Å²) in [7, 11) is 0.